The van der Waals surface area contributed by atoms with Gasteiger partial charge in [0.1, 0.15) is 5.75 Å². The number of nitrogens with zero attached hydrogens (tertiary/aromatic N) is 1. The number of para-hydroxylation sites is 1. The Morgan fingerprint density at radius 2 is 1.53 bits per heavy atom. The van der Waals surface area contributed by atoms with Gasteiger partial charge in [0.05, 0.1) is 11.6 Å². The lowest BCUT2D eigenvalue weighted by Crippen LogP contribution is -2.41. The van der Waals surface area contributed by atoms with Crippen molar-refractivity contribution in [1.29, 1.82) is 0 Å². The predicted octanol–water partition coefficient (Wildman–Crippen LogP) is 5.29. The minimum absolute atomic E-state index is 0.0606. The summed E-state index contributed by atoms with van der Waals surface area (Å²) in [5, 5.41) is 10.6. The molecule has 0 saturated heterocycles. The molecule has 7 heteroatoms. The van der Waals surface area contributed by atoms with Crippen molar-refractivity contribution in [2.45, 2.75) is 25.9 Å². The zero-order valence-electron chi connectivity index (χ0n) is 17.6. The fraction of sp³-hybridized carbons (Fsp3) is 0.160. The molecule has 0 aliphatic carbocycles. The van der Waals surface area contributed by atoms with Crippen LogP contribution in [0.4, 0.5) is 0 Å². The van der Waals surface area contributed by atoms with Crippen molar-refractivity contribution in [3.8, 4) is 5.75 Å². The average molecular weight is 452 g/mol. The van der Waals surface area contributed by atoms with Crippen molar-refractivity contribution in [3.63, 3.8) is 0 Å². The van der Waals surface area contributed by atoms with E-state index in [1.165, 1.54) is 24.0 Å². The third-order valence-electron chi connectivity index (χ3n) is 4.98. The standard InChI is InChI=1S/C25H22ClNO5/c1-16(19-11-8-12-20(26)15-19)27(23(25(30)31)18-9-4-3-5-10-18)24(29)21-13-6-7-14-22(21)32-17(2)28/h3-16,23H,1-2H3,(H,30,31)/t16-,23-/m1/s1. The van der Waals surface area contributed by atoms with Crippen LogP contribution in [-0.2, 0) is 9.59 Å². The number of hydrogen-bond donors (Lipinski definition) is 1. The van der Waals surface area contributed by atoms with Crippen LogP contribution in [-0.4, -0.2) is 27.9 Å². The molecule has 3 aromatic carbocycles. The van der Waals surface area contributed by atoms with Crippen LogP contribution in [0.25, 0.3) is 0 Å². The maximum atomic E-state index is 13.8. The molecular weight excluding hydrogens is 430 g/mol. The lowest BCUT2D eigenvalue weighted by Gasteiger charge is -2.35. The molecule has 0 aliphatic rings. The first kappa shape index (κ1) is 23.0. The maximum absolute atomic E-state index is 13.8. The molecule has 0 saturated carbocycles. The van der Waals surface area contributed by atoms with Gasteiger partial charge in [0.25, 0.3) is 5.91 Å². The molecule has 0 aromatic heterocycles. The number of halogens is 1. The van der Waals surface area contributed by atoms with E-state index < -0.39 is 29.9 Å². The Morgan fingerprint density at radius 1 is 0.906 bits per heavy atom. The topological polar surface area (TPSA) is 83.9 Å². The van der Waals surface area contributed by atoms with E-state index in [1.54, 1.807) is 73.7 Å². The van der Waals surface area contributed by atoms with Crippen LogP contribution in [0.1, 0.15) is 47.4 Å². The van der Waals surface area contributed by atoms with Crippen LogP contribution in [0.2, 0.25) is 5.02 Å². The zero-order chi connectivity index (χ0) is 23.3. The molecule has 3 aromatic rings. The minimum atomic E-state index is -1.29. The first-order valence-electron chi connectivity index (χ1n) is 9.93. The number of carbonyl (C=O) groups excluding carboxylic acids is 2. The van der Waals surface area contributed by atoms with E-state index >= 15 is 0 Å². The third kappa shape index (κ3) is 5.15. The first-order valence-corrected chi connectivity index (χ1v) is 10.3. The SMILES string of the molecule is CC(=O)Oc1ccccc1C(=O)N([C@H](C)c1cccc(Cl)c1)[C@@H](C(=O)O)c1ccccc1. The number of esters is 1. The highest BCUT2D eigenvalue weighted by Crippen LogP contribution is 2.35. The number of amides is 1. The van der Waals surface area contributed by atoms with E-state index in [0.717, 1.165) is 0 Å². The number of benzene rings is 3. The molecule has 0 heterocycles. The van der Waals surface area contributed by atoms with Crippen molar-refractivity contribution < 1.29 is 24.2 Å². The number of ether oxygens (including phenoxy) is 1. The van der Waals surface area contributed by atoms with Gasteiger partial charge in [-0.25, -0.2) is 4.79 Å². The van der Waals surface area contributed by atoms with Crippen molar-refractivity contribution in [3.05, 3.63) is 101 Å². The summed E-state index contributed by atoms with van der Waals surface area (Å²) in [7, 11) is 0. The Kier molecular flexibility index (Phi) is 7.28. The summed E-state index contributed by atoms with van der Waals surface area (Å²) in [6.07, 6.45) is 0. The van der Waals surface area contributed by atoms with E-state index in [-0.39, 0.29) is 11.3 Å². The van der Waals surface area contributed by atoms with Crippen LogP contribution in [0, 0.1) is 0 Å². The lowest BCUT2D eigenvalue weighted by molar-refractivity contribution is -0.143. The number of carboxylic acids is 1. The smallest absolute Gasteiger partial charge is 0.331 e. The molecule has 164 valence electrons. The molecule has 1 amide bonds. The minimum Gasteiger partial charge on any atom is -0.479 e. The summed E-state index contributed by atoms with van der Waals surface area (Å²) in [6.45, 7) is 2.97. The molecule has 0 spiro atoms. The Labute approximate surface area is 191 Å². The molecule has 6 nitrogen and oxygen atoms in total. The Balaban J connectivity index is 2.17. The number of hydrogen-bond acceptors (Lipinski definition) is 4. The van der Waals surface area contributed by atoms with Crippen molar-refractivity contribution in [2.24, 2.45) is 0 Å². The third-order valence-corrected chi connectivity index (χ3v) is 5.22. The van der Waals surface area contributed by atoms with Crippen molar-refractivity contribution in [1.82, 2.24) is 4.90 Å². The zero-order valence-corrected chi connectivity index (χ0v) is 18.3. The van der Waals surface area contributed by atoms with Gasteiger partial charge in [0.15, 0.2) is 6.04 Å². The van der Waals surface area contributed by atoms with Gasteiger partial charge in [-0.2, -0.15) is 0 Å². The average Bonchev–Trinajstić information content (AvgIpc) is 2.77. The highest BCUT2D eigenvalue weighted by Gasteiger charge is 2.37. The van der Waals surface area contributed by atoms with E-state index in [1.807, 2.05) is 0 Å². The number of aliphatic carboxylic acids is 1. The highest BCUT2D eigenvalue weighted by molar-refractivity contribution is 6.30. The van der Waals surface area contributed by atoms with Crippen molar-refractivity contribution >= 4 is 29.4 Å². The van der Waals surface area contributed by atoms with Gasteiger partial charge in [0, 0.05) is 11.9 Å². The number of carbonyl (C=O) groups is 3. The van der Waals surface area contributed by atoms with Crippen LogP contribution in [0.15, 0.2) is 78.9 Å². The van der Waals surface area contributed by atoms with Crippen LogP contribution in [0.5, 0.6) is 5.75 Å². The second-order valence-corrected chi connectivity index (χ2v) is 7.62. The van der Waals surface area contributed by atoms with Gasteiger partial charge in [-0.15, -0.1) is 0 Å². The van der Waals surface area contributed by atoms with Gasteiger partial charge < -0.3 is 14.7 Å². The summed E-state index contributed by atoms with van der Waals surface area (Å²) in [5.41, 5.74) is 1.18. The summed E-state index contributed by atoms with van der Waals surface area (Å²) in [5.74, 6) is -2.31. The van der Waals surface area contributed by atoms with Crippen LogP contribution in [0.3, 0.4) is 0 Å². The van der Waals surface area contributed by atoms with E-state index in [9.17, 15) is 19.5 Å². The van der Waals surface area contributed by atoms with Gasteiger partial charge >= 0.3 is 11.9 Å². The summed E-state index contributed by atoms with van der Waals surface area (Å²) < 4.78 is 5.21. The Bertz CT molecular complexity index is 1130. The predicted molar refractivity (Wildman–Crippen MR) is 121 cm³/mol. The molecule has 2 atom stereocenters. The van der Waals surface area contributed by atoms with Gasteiger partial charge in [-0.05, 0) is 42.3 Å². The molecule has 1 N–H and O–H groups in total. The monoisotopic (exact) mass is 451 g/mol. The van der Waals surface area contributed by atoms with Crippen LogP contribution >= 0.6 is 11.6 Å². The molecular formula is C25H22ClNO5. The second-order valence-electron chi connectivity index (χ2n) is 7.18. The molecule has 0 bridgehead atoms. The highest BCUT2D eigenvalue weighted by atomic mass is 35.5. The largest absolute Gasteiger partial charge is 0.479 e. The molecule has 0 aliphatic heterocycles. The van der Waals surface area contributed by atoms with Gasteiger partial charge in [-0.3, -0.25) is 9.59 Å². The fourth-order valence-electron chi connectivity index (χ4n) is 3.53. The first-order chi connectivity index (χ1) is 15.3. The van der Waals surface area contributed by atoms with Gasteiger partial charge in [-0.1, -0.05) is 66.2 Å². The van der Waals surface area contributed by atoms with Crippen molar-refractivity contribution in [2.75, 3.05) is 0 Å². The molecule has 3 rings (SSSR count). The molecule has 0 fully saturated rings. The van der Waals surface area contributed by atoms with E-state index in [4.69, 9.17) is 16.3 Å². The number of rotatable bonds is 7. The van der Waals surface area contributed by atoms with Gasteiger partial charge in [0.2, 0.25) is 0 Å². The Hall–Kier alpha value is -3.64. The normalized spacial score (nSPS) is 12.5. The van der Waals surface area contributed by atoms with E-state index in [2.05, 4.69) is 0 Å². The maximum Gasteiger partial charge on any atom is 0.331 e. The summed E-state index contributed by atoms with van der Waals surface area (Å²) in [6, 6.07) is 19.7. The molecule has 32 heavy (non-hydrogen) atoms. The van der Waals surface area contributed by atoms with Crippen LogP contribution < -0.4 is 4.74 Å². The Morgan fingerprint density at radius 3 is 2.16 bits per heavy atom. The lowest BCUT2D eigenvalue weighted by atomic mass is 9.98. The second kappa shape index (κ2) is 10.1. The molecule has 0 radical (unpaired) electrons. The summed E-state index contributed by atoms with van der Waals surface area (Å²) >= 11 is 6.15. The fourth-order valence-corrected chi connectivity index (χ4v) is 3.73. The molecule has 0 unspecified atom stereocenters. The summed E-state index contributed by atoms with van der Waals surface area (Å²) in [4.78, 5) is 39.1. The number of carboxylic acid groups (broad SMARTS) is 1. The quantitative estimate of drug-likeness (QED) is 0.389. The van der Waals surface area contributed by atoms with E-state index in [0.29, 0.717) is 16.1 Å².